The number of ether oxygens (including phenoxy) is 1. The molecule has 2 rings (SSSR count). The van der Waals surface area contributed by atoms with Crippen molar-refractivity contribution >= 4 is 0 Å². The lowest BCUT2D eigenvalue weighted by molar-refractivity contribution is 0.0365. The first-order valence-corrected chi connectivity index (χ1v) is 7.99. The molecule has 1 aliphatic rings. The topological polar surface area (TPSA) is 47.3 Å². The number of rotatable bonds is 4. The van der Waals surface area contributed by atoms with Gasteiger partial charge in [-0.05, 0) is 51.4 Å². The summed E-state index contributed by atoms with van der Waals surface area (Å²) >= 11 is 0. The molecule has 2 atom stereocenters. The molecule has 0 spiro atoms. The monoisotopic (exact) mass is 294 g/mol. The van der Waals surface area contributed by atoms with Gasteiger partial charge >= 0.3 is 6.08 Å². The van der Waals surface area contributed by atoms with Crippen LogP contribution in [0, 0.1) is 11.3 Å². The molecule has 1 N–H and O–H groups in total. The van der Waals surface area contributed by atoms with Crippen LogP contribution in [-0.2, 0) is 6.54 Å². The Kier molecular flexibility index (Phi) is 4.66. The normalized spacial score (nSPS) is 25.8. The molecule has 0 radical (unpaired) electrons. The van der Waals surface area contributed by atoms with Crippen LogP contribution in [-0.4, -0.2) is 16.6 Å². The number of nitrogens with one attached hydrogen (secondary N) is 1. The second-order valence-electron chi connectivity index (χ2n) is 8.36. The van der Waals surface area contributed by atoms with Crippen molar-refractivity contribution in [2.75, 3.05) is 0 Å². The SMILES string of the molecule is CC1CC(Oc2nc(CNC(C)(C)C)co2)CC(C)(C)C1. The van der Waals surface area contributed by atoms with Crippen molar-refractivity contribution < 1.29 is 9.15 Å². The van der Waals surface area contributed by atoms with Gasteiger partial charge in [0.15, 0.2) is 0 Å². The number of oxazole rings is 1. The van der Waals surface area contributed by atoms with Crippen molar-refractivity contribution in [3.8, 4) is 6.08 Å². The summed E-state index contributed by atoms with van der Waals surface area (Å²) in [4.78, 5) is 4.43. The van der Waals surface area contributed by atoms with Gasteiger partial charge in [0, 0.05) is 12.1 Å². The van der Waals surface area contributed by atoms with Crippen molar-refractivity contribution in [3.05, 3.63) is 12.0 Å². The number of hydrogen-bond donors (Lipinski definition) is 1. The molecule has 0 aromatic carbocycles. The maximum atomic E-state index is 5.97. The van der Waals surface area contributed by atoms with E-state index in [9.17, 15) is 0 Å². The van der Waals surface area contributed by atoms with E-state index in [1.165, 1.54) is 6.42 Å². The lowest BCUT2D eigenvalue weighted by Gasteiger charge is -2.38. The summed E-state index contributed by atoms with van der Waals surface area (Å²) < 4.78 is 11.4. The predicted molar refractivity (Wildman–Crippen MR) is 84.3 cm³/mol. The third kappa shape index (κ3) is 5.34. The molecule has 0 amide bonds. The Morgan fingerprint density at radius 2 is 2.10 bits per heavy atom. The maximum absolute atomic E-state index is 5.97. The highest BCUT2D eigenvalue weighted by Crippen LogP contribution is 2.39. The Balaban J connectivity index is 1.90. The Hall–Kier alpha value is -1.03. The van der Waals surface area contributed by atoms with Crippen LogP contribution in [0.4, 0.5) is 0 Å². The van der Waals surface area contributed by atoms with E-state index in [0.717, 1.165) is 18.5 Å². The van der Waals surface area contributed by atoms with E-state index in [2.05, 4.69) is 51.8 Å². The summed E-state index contributed by atoms with van der Waals surface area (Å²) in [5.41, 5.74) is 1.30. The fraction of sp³-hybridized carbons (Fsp3) is 0.824. The summed E-state index contributed by atoms with van der Waals surface area (Å²) in [5, 5.41) is 3.40. The highest BCUT2D eigenvalue weighted by atomic mass is 16.6. The molecule has 1 aromatic rings. The molecule has 0 saturated heterocycles. The molecule has 0 bridgehead atoms. The highest BCUT2D eigenvalue weighted by molar-refractivity contribution is 5.01. The zero-order valence-electron chi connectivity index (χ0n) is 14.3. The highest BCUT2D eigenvalue weighted by Gasteiger charge is 2.33. The minimum atomic E-state index is 0.0722. The predicted octanol–water partition coefficient (Wildman–Crippen LogP) is 4.16. The van der Waals surface area contributed by atoms with E-state index < -0.39 is 0 Å². The Labute approximate surface area is 128 Å². The Morgan fingerprint density at radius 3 is 2.71 bits per heavy atom. The molecule has 120 valence electrons. The van der Waals surface area contributed by atoms with Crippen LogP contribution in [0.25, 0.3) is 0 Å². The van der Waals surface area contributed by atoms with Crippen molar-refractivity contribution in [2.45, 2.75) is 79.0 Å². The summed E-state index contributed by atoms with van der Waals surface area (Å²) in [6.45, 7) is 14.0. The van der Waals surface area contributed by atoms with Gasteiger partial charge in [0.1, 0.15) is 12.4 Å². The lowest BCUT2D eigenvalue weighted by Crippen LogP contribution is -2.35. The average molecular weight is 294 g/mol. The standard InChI is InChI=1S/C17H30N2O2/c1-12-7-14(9-17(5,6)8-12)21-15-19-13(11-20-15)10-18-16(2,3)4/h11-12,14,18H,7-10H2,1-6H3. The van der Waals surface area contributed by atoms with Gasteiger partial charge in [0.2, 0.25) is 0 Å². The van der Waals surface area contributed by atoms with Gasteiger partial charge < -0.3 is 14.5 Å². The minimum Gasteiger partial charge on any atom is -0.447 e. The lowest BCUT2D eigenvalue weighted by atomic mass is 9.71. The van der Waals surface area contributed by atoms with E-state index in [1.807, 2.05) is 0 Å². The smallest absolute Gasteiger partial charge is 0.394 e. The summed E-state index contributed by atoms with van der Waals surface area (Å²) in [6.07, 6.45) is 5.72. The molecular weight excluding hydrogens is 264 g/mol. The second kappa shape index (κ2) is 5.99. The van der Waals surface area contributed by atoms with Crippen molar-refractivity contribution in [2.24, 2.45) is 11.3 Å². The maximum Gasteiger partial charge on any atom is 0.394 e. The van der Waals surface area contributed by atoms with Crippen LogP contribution in [0.2, 0.25) is 0 Å². The molecule has 1 aliphatic carbocycles. The van der Waals surface area contributed by atoms with Gasteiger partial charge in [-0.3, -0.25) is 0 Å². The number of hydrogen-bond acceptors (Lipinski definition) is 4. The summed E-state index contributed by atoms with van der Waals surface area (Å²) in [7, 11) is 0. The minimum absolute atomic E-state index is 0.0722. The van der Waals surface area contributed by atoms with Gasteiger partial charge in [-0.1, -0.05) is 20.8 Å². The summed E-state index contributed by atoms with van der Waals surface area (Å²) in [5.74, 6) is 0.690. The summed E-state index contributed by atoms with van der Waals surface area (Å²) in [6, 6.07) is 0. The van der Waals surface area contributed by atoms with E-state index in [-0.39, 0.29) is 11.6 Å². The Morgan fingerprint density at radius 1 is 1.38 bits per heavy atom. The molecule has 21 heavy (non-hydrogen) atoms. The largest absolute Gasteiger partial charge is 0.447 e. The zero-order valence-corrected chi connectivity index (χ0v) is 14.3. The van der Waals surface area contributed by atoms with Crippen LogP contribution in [0.5, 0.6) is 6.08 Å². The Bertz CT molecular complexity index is 460. The van der Waals surface area contributed by atoms with Gasteiger partial charge in [0.25, 0.3) is 0 Å². The molecule has 1 aromatic heterocycles. The quantitative estimate of drug-likeness (QED) is 0.906. The van der Waals surface area contributed by atoms with Gasteiger partial charge in [-0.25, -0.2) is 0 Å². The molecular formula is C17H30N2O2. The third-order valence-electron chi connectivity index (χ3n) is 3.94. The van der Waals surface area contributed by atoms with Crippen LogP contribution in [0.1, 0.15) is 66.5 Å². The van der Waals surface area contributed by atoms with Gasteiger partial charge in [-0.2, -0.15) is 4.98 Å². The van der Waals surface area contributed by atoms with E-state index in [1.54, 1.807) is 6.26 Å². The van der Waals surface area contributed by atoms with Crippen molar-refractivity contribution in [1.82, 2.24) is 10.3 Å². The molecule has 4 nitrogen and oxygen atoms in total. The van der Waals surface area contributed by atoms with E-state index in [0.29, 0.717) is 24.0 Å². The molecule has 2 unspecified atom stereocenters. The fourth-order valence-corrected chi connectivity index (χ4v) is 3.27. The zero-order chi connectivity index (χ0) is 15.7. The number of aromatic nitrogens is 1. The first kappa shape index (κ1) is 16.3. The van der Waals surface area contributed by atoms with Crippen molar-refractivity contribution in [3.63, 3.8) is 0 Å². The third-order valence-corrected chi connectivity index (χ3v) is 3.94. The fourth-order valence-electron chi connectivity index (χ4n) is 3.27. The van der Waals surface area contributed by atoms with E-state index in [4.69, 9.17) is 9.15 Å². The van der Waals surface area contributed by atoms with Crippen molar-refractivity contribution in [1.29, 1.82) is 0 Å². The molecule has 1 heterocycles. The van der Waals surface area contributed by atoms with Crippen LogP contribution in [0.15, 0.2) is 10.7 Å². The average Bonchev–Trinajstić information content (AvgIpc) is 2.70. The van der Waals surface area contributed by atoms with E-state index >= 15 is 0 Å². The van der Waals surface area contributed by atoms with Crippen LogP contribution < -0.4 is 10.1 Å². The van der Waals surface area contributed by atoms with Crippen LogP contribution >= 0.6 is 0 Å². The van der Waals surface area contributed by atoms with Crippen LogP contribution in [0.3, 0.4) is 0 Å². The molecule has 0 aliphatic heterocycles. The molecule has 4 heteroatoms. The first-order chi connectivity index (χ1) is 9.63. The number of nitrogens with zero attached hydrogens (tertiary/aromatic N) is 1. The van der Waals surface area contributed by atoms with Gasteiger partial charge in [-0.15, -0.1) is 0 Å². The molecule has 1 saturated carbocycles. The second-order valence-corrected chi connectivity index (χ2v) is 8.36. The molecule has 1 fully saturated rings. The van der Waals surface area contributed by atoms with Gasteiger partial charge in [0.05, 0.1) is 5.69 Å². The first-order valence-electron chi connectivity index (χ1n) is 7.99.